The minimum atomic E-state index is -3.89. The number of rotatable bonds is 11. The van der Waals surface area contributed by atoms with Crippen molar-refractivity contribution in [2.24, 2.45) is 5.92 Å². The molecule has 3 aromatic carbocycles. The molecule has 8 heteroatoms. The van der Waals surface area contributed by atoms with Gasteiger partial charge in [0.2, 0.25) is 10.0 Å². The monoisotopic (exact) mass is 575 g/mol. The molecule has 0 aliphatic carbocycles. The number of esters is 2. The third-order valence-corrected chi connectivity index (χ3v) is 9.39. The van der Waals surface area contributed by atoms with E-state index in [1.807, 2.05) is 67.6 Å². The SMILES string of the molecule is CCOC(=O)C(C/C=C/C1CC(c2ccccc2)(c2ccccc2)CN1S(=O)(=O)c1ccc(C)cc1)C(=O)OCC. The number of benzene rings is 3. The van der Waals surface area contributed by atoms with E-state index < -0.39 is 39.3 Å². The zero-order chi connectivity index (χ0) is 29.5. The molecule has 216 valence electrons. The lowest BCUT2D eigenvalue weighted by Crippen LogP contribution is -2.37. The number of sulfonamides is 1. The Balaban J connectivity index is 1.77. The maximum atomic E-state index is 14.1. The standard InChI is InChI=1S/C33H37NO6S/c1-4-39-31(35)30(32(36)40-5-2)18-12-17-28-23-33(26-13-8-6-9-14-26,27-15-10-7-11-16-27)24-34(28)41(37,38)29-21-19-25(3)20-22-29/h6-17,19-22,28,30H,4-5,18,23-24H2,1-3H3/b17-12+. The van der Waals surface area contributed by atoms with Crippen molar-refractivity contribution in [3.05, 3.63) is 114 Å². The Morgan fingerprint density at radius 1 is 0.878 bits per heavy atom. The van der Waals surface area contributed by atoms with Gasteiger partial charge in [0.1, 0.15) is 0 Å². The van der Waals surface area contributed by atoms with E-state index in [-0.39, 0.29) is 31.1 Å². The fourth-order valence-corrected chi connectivity index (χ4v) is 7.07. The maximum Gasteiger partial charge on any atom is 0.320 e. The van der Waals surface area contributed by atoms with Gasteiger partial charge in [-0.2, -0.15) is 4.31 Å². The lowest BCUT2D eigenvalue weighted by molar-refractivity contribution is -0.161. The summed E-state index contributed by atoms with van der Waals surface area (Å²) in [5.41, 5.74) is 2.38. The van der Waals surface area contributed by atoms with Crippen molar-refractivity contribution >= 4 is 22.0 Å². The third-order valence-electron chi connectivity index (χ3n) is 7.51. The summed E-state index contributed by atoms with van der Waals surface area (Å²) >= 11 is 0. The highest BCUT2D eigenvalue weighted by Gasteiger charge is 2.50. The second-order valence-corrected chi connectivity index (χ2v) is 12.1. The van der Waals surface area contributed by atoms with Crippen LogP contribution in [0, 0.1) is 12.8 Å². The number of ether oxygens (including phenoxy) is 2. The van der Waals surface area contributed by atoms with E-state index in [1.54, 1.807) is 50.3 Å². The van der Waals surface area contributed by atoms with Crippen LogP contribution in [0.15, 0.2) is 102 Å². The Morgan fingerprint density at radius 2 is 1.39 bits per heavy atom. The summed E-state index contributed by atoms with van der Waals surface area (Å²) in [6, 6.07) is 26.2. The van der Waals surface area contributed by atoms with Crippen LogP contribution in [0.2, 0.25) is 0 Å². The molecule has 1 heterocycles. The summed E-state index contributed by atoms with van der Waals surface area (Å²) in [4.78, 5) is 25.3. The van der Waals surface area contributed by atoms with Crippen LogP contribution in [0.4, 0.5) is 0 Å². The Bertz CT molecular complexity index is 1400. The Hall–Kier alpha value is -3.75. The van der Waals surface area contributed by atoms with Crippen molar-refractivity contribution < 1.29 is 27.5 Å². The van der Waals surface area contributed by atoms with E-state index in [2.05, 4.69) is 0 Å². The first-order valence-electron chi connectivity index (χ1n) is 13.9. The molecule has 4 rings (SSSR count). The molecule has 0 spiro atoms. The van der Waals surface area contributed by atoms with Gasteiger partial charge >= 0.3 is 11.9 Å². The highest BCUT2D eigenvalue weighted by atomic mass is 32.2. The molecule has 7 nitrogen and oxygen atoms in total. The molecule has 1 unspecified atom stereocenters. The highest BCUT2D eigenvalue weighted by Crippen LogP contribution is 2.46. The lowest BCUT2D eigenvalue weighted by Gasteiger charge is -2.30. The van der Waals surface area contributed by atoms with Crippen LogP contribution in [0.25, 0.3) is 0 Å². The Labute approximate surface area is 242 Å². The molecule has 1 saturated heterocycles. The predicted octanol–water partition coefficient (Wildman–Crippen LogP) is 5.43. The van der Waals surface area contributed by atoms with Gasteiger partial charge in [-0.25, -0.2) is 8.42 Å². The van der Waals surface area contributed by atoms with E-state index in [0.29, 0.717) is 6.42 Å². The molecule has 1 fully saturated rings. The van der Waals surface area contributed by atoms with Crippen LogP contribution >= 0.6 is 0 Å². The number of hydrogen-bond acceptors (Lipinski definition) is 6. The van der Waals surface area contributed by atoms with Crippen molar-refractivity contribution in [3.63, 3.8) is 0 Å². The van der Waals surface area contributed by atoms with Crippen LogP contribution in [-0.4, -0.2) is 50.5 Å². The van der Waals surface area contributed by atoms with Gasteiger partial charge in [-0.05, 0) is 56.9 Å². The Kier molecular flexibility index (Phi) is 9.78. The fourth-order valence-electron chi connectivity index (χ4n) is 5.42. The zero-order valence-electron chi connectivity index (χ0n) is 23.7. The molecule has 1 aliphatic heterocycles. The van der Waals surface area contributed by atoms with Gasteiger partial charge in [0.05, 0.1) is 18.1 Å². The van der Waals surface area contributed by atoms with Gasteiger partial charge in [-0.15, -0.1) is 0 Å². The quantitative estimate of drug-likeness (QED) is 0.172. The number of carbonyl (C=O) groups is 2. The van der Waals surface area contributed by atoms with Gasteiger partial charge in [0, 0.05) is 18.0 Å². The normalized spacial score (nSPS) is 17.1. The molecule has 0 radical (unpaired) electrons. The molecule has 41 heavy (non-hydrogen) atoms. The summed E-state index contributed by atoms with van der Waals surface area (Å²) in [7, 11) is -3.89. The summed E-state index contributed by atoms with van der Waals surface area (Å²) in [5, 5.41) is 0. The molecular formula is C33H37NO6S. The molecule has 0 aromatic heterocycles. The molecule has 1 atom stereocenters. The van der Waals surface area contributed by atoms with Crippen molar-refractivity contribution in [2.45, 2.75) is 50.0 Å². The first-order chi connectivity index (χ1) is 19.7. The summed E-state index contributed by atoms with van der Waals surface area (Å²) in [5.74, 6) is -2.44. The van der Waals surface area contributed by atoms with Gasteiger partial charge in [-0.1, -0.05) is 90.5 Å². The van der Waals surface area contributed by atoms with E-state index >= 15 is 0 Å². The van der Waals surface area contributed by atoms with E-state index in [4.69, 9.17) is 9.47 Å². The molecule has 0 N–H and O–H groups in total. The van der Waals surface area contributed by atoms with Gasteiger partial charge < -0.3 is 9.47 Å². The first-order valence-corrected chi connectivity index (χ1v) is 15.4. The van der Waals surface area contributed by atoms with Crippen LogP contribution in [0.5, 0.6) is 0 Å². The van der Waals surface area contributed by atoms with Crippen molar-refractivity contribution in [2.75, 3.05) is 19.8 Å². The number of nitrogens with zero attached hydrogens (tertiary/aromatic N) is 1. The van der Waals surface area contributed by atoms with Crippen LogP contribution in [-0.2, 0) is 34.5 Å². The van der Waals surface area contributed by atoms with E-state index in [9.17, 15) is 18.0 Å². The number of hydrogen-bond donors (Lipinski definition) is 0. The molecule has 1 aliphatic rings. The number of allylic oxidation sites excluding steroid dienone is 1. The van der Waals surface area contributed by atoms with Crippen molar-refractivity contribution in [1.29, 1.82) is 0 Å². The lowest BCUT2D eigenvalue weighted by atomic mass is 9.73. The minimum Gasteiger partial charge on any atom is -0.465 e. The fraction of sp³-hybridized carbons (Fsp3) is 0.333. The molecular weight excluding hydrogens is 538 g/mol. The third kappa shape index (κ3) is 6.60. The van der Waals surface area contributed by atoms with Crippen LogP contribution in [0.3, 0.4) is 0 Å². The van der Waals surface area contributed by atoms with Crippen LogP contribution < -0.4 is 0 Å². The molecule has 0 saturated carbocycles. The van der Waals surface area contributed by atoms with Gasteiger partial charge in [-0.3, -0.25) is 9.59 Å². The average molecular weight is 576 g/mol. The smallest absolute Gasteiger partial charge is 0.320 e. The van der Waals surface area contributed by atoms with Gasteiger partial charge in [0.15, 0.2) is 5.92 Å². The molecule has 3 aromatic rings. The summed E-state index contributed by atoms with van der Waals surface area (Å²) < 4.78 is 40.0. The van der Waals surface area contributed by atoms with E-state index in [1.165, 1.54) is 4.31 Å². The maximum absolute atomic E-state index is 14.1. The average Bonchev–Trinajstić information content (AvgIpc) is 3.38. The van der Waals surface area contributed by atoms with E-state index in [0.717, 1.165) is 16.7 Å². The highest BCUT2D eigenvalue weighted by molar-refractivity contribution is 7.89. The second kappa shape index (κ2) is 13.3. The number of carbonyl (C=O) groups excluding carboxylic acids is 2. The second-order valence-electron chi connectivity index (χ2n) is 10.2. The topological polar surface area (TPSA) is 90.0 Å². The van der Waals surface area contributed by atoms with Gasteiger partial charge in [0.25, 0.3) is 0 Å². The number of aryl methyl sites for hydroxylation is 1. The minimum absolute atomic E-state index is 0.0380. The predicted molar refractivity (Wildman–Crippen MR) is 158 cm³/mol. The summed E-state index contributed by atoms with van der Waals surface area (Å²) in [6.07, 6.45) is 4.01. The molecule has 0 bridgehead atoms. The van der Waals surface area contributed by atoms with Crippen molar-refractivity contribution in [1.82, 2.24) is 4.31 Å². The zero-order valence-corrected chi connectivity index (χ0v) is 24.5. The van der Waals surface area contributed by atoms with Crippen LogP contribution in [0.1, 0.15) is 43.4 Å². The largest absolute Gasteiger partial charge is 0.465 e. The Morgan fingerprint density at radius 3 is 1.88 bits per heavy atom. The summed E-state index contributed by atoms with van der Waals surface area (Å²) in [6.45, 7) is 5.77. The molecule has 0 amide bonds. The first kappa shape index (κ1) is 30.2. The van der Waals surface area contributed by atoms with Crippen molar-refractivity contribution in [3.8, 4) is 0 Å².